The summed E-state index contributed by atoms with van der Waals surface area (Å²) in [4.78, 5) is 0. The van der Waals surface area contributed by atoms with Crippen molar-refractivity contribution in [2.24, 2.45) is 0 Å². The highest BCUT2D eigenvalue weighted by Gasteiger charge is 2.24. The lowest BCUT2D eigenvalue weighted by Gasteiger charge is -2.18. The molecule has 0 saturated heterocycles. The standard InChI is InChI=1S/C12H12BrNO3S2/c1-8-6-11(18-12(8)13)19(16,17)14(2)9-4-3-5-10(15)7-9/h3-7,15H,1-2H3. The molecule has 0 amide bonds. The number of thiophene rings is 1. The minimum absolute atomic E-state index is 0.0306. The number of halogens is 1. The summed E-state index contributed by atoms with van der Waals surface area (Å²) in [5.41, 5.74) is 1.30. The van der Waals surface area contributed by atoms with E-state index in [0.717, 1.165) is 13.7 Å². The molecule has 1 aromatic carbocycles. The third-order valence-electron chi connectivity index (χ3n) is 2.64. The number of aryl methyl sites for hydroxylation is 1. The van der Waals surface area contributed by atoms with Crippen molar-refractivity contribution >= 4 is 43.0 Å². The molecule has 7 heteroatoms. The normalized spacial score (nSPS) is 11.5. The van der Waals surface area contributed by atoms with Crippen LogP contribution in [-0.2, 0) is 10.0 Å². The molecule has 0 atom stereocenters. The highest BCUT2D eigenvalue weighted by molar-refractivity contribution is 9.11. The maximum absolute atomic E-state index is 12.4. The molecule has 1 aromatic heterocycles. The minimum Gasteiger partial charge on any atom is -0.508 e. The highest BCUT2D eigenvalue weighted by Crippen LogP contribution is 2.33. The summed E-state index contributed by atoms with van der Waals surface area (Å²) < 4.78 is 27.1. The third-order valence-corrected chi connectivity index (χ3v) is 7.01. The van der Waals surface area contributed by atoms with Crippen LogP contribution in [0.2, 0.25) is 0 Å². The molecule has 102 valence electrons. The van der Waals surface area contributed by atoms with Crippen LogP contribution in [0.25, 0.3) is 0 Å². The lowest BCUT2D eigenvalue weighted by Crippen LogP contribution is -2.25. The van der Waals surface area contributed by atoms with Crippen molar-refractivity contribution in [3.63, 3.8) is 0 Å². The Morgan fingerprint density at radius 3 is 2.53 bits per heavy atom. The number of sulfonamides is 1. The molecule has 4 nitrogen and oxygen atoms in total. The number of hydrogen-bond acceptors (Lipinski definition) is 4. The molecule has 0 bridgehead atoms. The maximum atomic E-state index is 12.4. The number of hydrogen-bond donors (Lipinski definition) is 1. The Morgan fingerprint density at radius 1 is 1.32 bits per heavy atom. The molecule has 0 spiro atoms. The first kappa shape index (κ1) is 14.4. The first-order valence-corrected chi connectivity index (χ1v) is 8.41. The fourth-order valence-corrected chi connectivity index (χ4v) is 5.11. The smallest absolute Gasteiger partial charge is 0.273 e. The molecular formula is C12H12BrNO3S2. The van der Waals surface area contributed by atoms with Gasteiger partial charge >= 0.3 is 0 Å². The van der Waals surface area contributed by atoms with Gasteiger partial charge in [0.25, 0.3) is 10.0 Å². The van der Waals surface area contributed by atoms with Gasteiger partial charge in [-0.15, -0.1) is 11.3 Å². The van der Waals surface area contributed by atoms with E-state index < -0.39 is 10.0 Å². The van der Waals surface area contributed by atoms with Gasteiger partial charge in [-0.3, -0.25) is 4.31 Å². The third kappa shape index (κ3) is 2.77. The van der Waals surface area contributed by atoms with E-state index in [-0.39, 0.29) is 9.96 Å². The Bertz CT molecular complexity index is 690. The molecule has 0 unspecified atom stereocenters. The fraction of sp³-hybridized carbons (Fsp3) is 0.167. The Morgan fingerprint density at radius 2 is 2.00 bits per heavy atom. The van der Waals surface area contributed by atoms with Crippen molar-refractivity contribution < 1.29 is 13.5 Å². The molecule has 0 aliphatic carbocycles. The lowest BCUT2D eigenvalue weighted by molar-refractivity contribution is 0.475. The number of anilines is 1. The van der Waals surface area contributed by atoms with E-state index in [9.17, 15) is 13.5 Å². The van der Waals surface area contributed by atoms with Crippen molar-refractivity contribution in [1.29, 1.82) is 0 Å². The Labute approximate surface area is 124 Å². The van der Waals surface area contributed by atoms with Crippen molar-refractivity contribution in [2.75, 3.05) is 11.4 Å². The number of phenols is 1. The molecule has 0 aliphatic heterocycles. The number of nitrogens with zero attached hydrogens (tertiary/aromatic N) is 1. The molecule has 19 heavy (non-hydrogen) atoms. The quantitative estimate of drug-likeness (QED) is 0.911. The highest BCUT2D eigenvalue weighted by atomic mass is 79.9. The van der Waals surface area contributed by atoms with Crippen LogP contribution < -0.4 is 4.31 Å². The summed E-state index contributed by atoms with van der Waals surface area (Å²) in [6.07, 6.45) is 0. The number of aromatic hydroxyl groups is 1. The molecule has 2 rings (SSSR count). The van der Waals surface area contributed by atoms with Gasteiger partial charge in [0, 0.05) is 13.1 Å². The molecule has 0 saturated carbocycles. The van der Waals surface area contributed by atoms with Crippen LogP contribution >= 0.6 is 27.3 Å². The van der Waals surface area contributed by atoms with Crippen LogP contribution in [0, 0.1) is 6.92 Å². The van der Waals surface area contributed by atoms with E-state index in [1.165, 1.54) is 30.5 Å². The van der Waals surface area contributed by atoms with Gasteiger partial charge in [-0.25, -0.2) is 8.42 Å². The van der Waals surface area contributed by atoms with E-state index in [4.69, 9.17) is 0 Å². The largest absolute Gasteiger partial charge is 0.508 e. The Balaban J connectivity index is 2.45. The van der Waals surface area contributed by atoms with Gasteiger partial charge < -0.3 is 5.11 Å². The zero-order valence-electron chi connectivity index (χ0n) is 10.3. The predicted molar refractivity (Wildman–Crippen MR) is 80.5 cm³/mol. The average molecular weight is 362 g/mol. The van der Waals surface area contributed by atoms with Crippen molar-refractivity contribution in [1.82, 2.24) is 0 Å². The van der Waals surface area contributed by atoms with E-state index in [2.05, 4.69) is 15.9 Å². The van der Waals surface area contributed by atoms with Crippen molar-refractivity contribution in [2.45, 2.75) is 11.1 Å². The Kier molecular flexibility index (Phi) is 3.89. The van der Waals surface area contributed by atoms with E-state index >= 15 is 0 Å². The molecule has 0 fully saturated rings. The topological polar surface area (TPSA) is 57.6 Å². The average Bonchev–Trinajstić information content (AvgIpc) is 2.69. The van der Waals surface area contributed by atoms with Crippen LogP contribution in [0.15, 0.2) is 38.3 Å². The summed E-state index contributed by atoms with van der Waals surface area (Å²) in [7, 11) is -2.13. The summed E-state index contributed by atoms with van der Waals surface area (Å²) in [6, 6.07) is 7.77. The first-order chi connectivity index (χ1) is 8.82. The van der Waals surface area contributed by atoms with Crippen LogP contribution in [0.1, 0.15) is 5.56 Å². The van der Waals surface area contributed by atoms with E-state index in [1.54, 1.807) is 18.2 Å². The van der Waals surface area contributed by atoms with E-state index in [1.807, 2.05) is 6.92 Å². The second kappa shape index (κ2) is 5.15. The maximum Gasteiger partial charge on any atom is 0.273 e. The van der Waals surface area contributed by atoms with Crippen LogP contribution in [0.4, 0.5) is 5.69 Å². The molecule has 1 N–H and O–H groups in total. The number of phenolic OH excluding ortho intramolecular Hbond substituents is 1. The number of benzene rings is 1. The van der Waals surface area contributed by atoms with Crippen LogP contribution in [0.5, 0.6) is 5.75 Å². The molecular weight excluding hydrogens is 350 g/mol. The molecule has 2 aromatic rings. The van der Waals surface area contributed by atoms with Gasteiger partial charge in [0.2, 0.25) is 0 Å². The SMILES string of the molecule is Cc1cc(S(=O)(=O)N(C)c2cccc(O)c2)sc1Br. The second-order valence-corrected chi connectivity index (χ2v) is 8.58. The van der Waals surface area contributed by atoms with Crippen LogP contribution in [-0.4, -0.2) is 20.6 Å². The van der Waals surface area contributed by atoms with Crippen LogP contribution in [0.3, 0.4) is 0 Å². The monoisotopic (exact) mass is 361 g/mol. The minimum atomic E-state index is -3.60. The lowest BCUT2D eigenvalue weighted by atomic mass is 10.3. The molecule has 0 radical (unpaired) electrons. The fourth-order valence-electron chi connectivity index (χ4n) is 1.52. The molecule has 0 aliphatic rings. The van der Waals surface area contributed by atoms with Crippen molar-refractivity contribution in [3.05, 3.63) is 39.7 Å². The van der Waals surface area contributed by atoms with Gasteiger partial charge in [-0.1, -0.05) is 6.07 Å². The summed E-state index contributed by atoms with van der Waals surface area (Å²) >= 11 is 4.49. The van der Waals surface area contributed by atoms with E-state index in [0.29, 0.717) is 5.69 Å². The summed E-state index contributed by atoms with van der Waals surface area (Å²) in [6.45, 7) is 1.84. The summed E-state index contributed by atoms with van der Waals surface area (Å²) in [5, 5.41) is 9.42. The van der Waals surface area contributed by atoms with Gasteiger partial charge in [0.1, 0.15) is 9.96 Å². The Hall–Kier alpha value is -1.05. The zero-order chi connectivity index (χ0) is 14.2. The van der Waals surface area contributed by atoms with Gasteiger partial charge in [0.05, 0.1) is 9.47 Å². The second-order valence-electron chi connectivity index (χ2n) is 4.01. The van der Waals surface area contributed by atoms with Gasteiger partial charge in [-0.2, -0.15) is 0 Å². The van der Waals surface area contributed by atoms with Crippen molar-refractivity contribution in [3.8, 4) is 5.75 Å². The number of rotatable bonds is 3. The van der Waals surface area contributed by atoms with Gasteiger partial charge in [-0.05, 0) is 46.6 Å². The zero-order valence-corrected chi connectivity index (χ0v) is 13.5. The van der Waals surface area contributed by atoms with Gasteiger partial charge in [0.15, 0.2) is 0 Å². The first-order valence-electron chi connectivity index (χ1n) is 5.36. The molecule has 1 heterocycles. The predicted octanol–water partition coefficient (Wildman–Crippen LogP) is 3.35. The summed E-state index contributed by atoms with van der Waals surface area (Å²) in [5.74, 6) is 0.0306.